The summed E-state index contributed by atoms with van der Waals surface area (Å²) in [5.74, 6) is 0.582. The SMILES string of the molecule is CC(C)C(C)C(O)c1c(Cl)cnn1C. The van der Waals surface area contributed by atoms with E-state index in [2.05, 4.69) is 18.9 Å². The molecule has 1 N–H and O–H groups in total. The zero-order valence-corrected chi connectivity index (χ0v) is 9.78. The third-order valence-electron chi connectivity index (χ3n) is 2.77. The second-order valence-electron chi connectivity index (χ2n) is 4.05. The maximum absolute atomic E-state index is 10.1. The topological polar surface area (TPSA) is 38.1 Å². The van der Waals surface area contributed by atoms with Crippen molar-refractivity contribution < 1.29 is 5.11 Å². The highest BCUT2D eigenvalue weighted by Crippen LogP contribution is 2.31. The van der Waals surface area contributed by atoms with Crippen LogP contribution in [0, 0.1) is 11.8 Å². The van der Waals surface area contributed by atoms with Crippen molar-refractivity contribution in [2.75, 3.05) is 0 Å². The molecule has 0 aliphatic rings. The van der Waals surface area contributed by atoms with Crippen LogP contribution < -0.4 is 0 Å². The molecule has 0 saturated carbocycles. The Labute approximate surface area is 89.7 Å². The number of aryl methyl sites for hydroxylation is 1. The molecule has 2 unspecified atom stereocenters. The molecule has 0 fully saturated rings. The van der Waals surface area contributed by atoms with Crippen molar-refractivity contribution in [1.29, 1.82) is 0 Å². The van der Waals surface area contributed by atoms with E-state index >= 15 is 0 Å². The Morgan fingerprint density at radius 2 is 2.00 bits per heavy atom. The molecule has 1 aromatic rings. The fourth-order valence-corrected chi connectivity index (χ4v) is 1.64. The smallest absolute Gasteiger partial charge is 0.0999 e. The van der Waals surface area contributed by atoms with Crippen LogP contribution in [0.3, 0.4) is 0 Å². The highest BCUT2D eigenvalue weighted by atomic mass is 35.5. The third kappa shape index (κ3) is 2.10. The van der Waals surface area contributed by atoms with Gasteiger partial charge in [-0.05, 0) is 11.8 Å². The van der Waals surface area contributed by atoms with E-state index in [-0.39, 0.29) is 5.92 Å². The Balaban J connectivity index is 2.94. The molecule has 0 aliphatic heterocycles. The molecule has 14 heavy (non-hydrogen) atoms. The summed E-state index contributed by atoms with van der Waals surface area (Å²) >= 11 is 5.95. The molecule has 1 heterocycles. The zero-order valence-electron chi connectivity index (χ0n) is 9.03. The summed E-state index contributed by atoms with van der Waals surface area (Å²) in [6.45, 7) is 6.18. The van der Waals surface area contributed by atoms with Crippen molar-refractivity contribution >= 4 is 11.6 Å². The zero-order chi connectivity index (χ0) is 10.9. The Morgan fingerprint density at radius 1 is 1.43 bits per heavy atom. The van der Waals surface area contributed by atoms with Crippen molar-refractivity contribution in [2.45, 2.75) is 26.9 Å². The van der Waals surface area contributed by atoms with E-state index < -0.39 is 6.10 Å². The van der Waals surface area contributed by atoms with Crippen molar-refractivity contribution in [2.24, 2.45) is 18.9 Å². The number of rotatable bonds is 3. The predicted molar refractivity (Wildman–Crippen MR) is 57.2 cm³/mol. The number of halogens is 1. The number of aliphatic hydroxyl groups is 1. The van der Waals surface area contributed by atoms with E-state index in [1.54, 1.807) is 17.9 Å². The van der Waals surface area contributed by atoms with Gasteiger partial charge in [0.2, 0.25) is 0 Å². The van der Waals surface area contributed by atoms with Crippen LogP contribution in [0.25, 0.3) is 0 Å². The lowest BCUT2D eigenvalue weighted by molar-refractivity contribution is 0.0847. The number of nitrogens with zero attached hydrogens (tertiary/aromatic N) is 2. The summed E-state index contributed by atoms with van der Waals surface area (Å²) in [5, 5.41) is 14.6. The van der Waals surface area contributed by atoms with Gasteiger partial charge in [0, 0.05) is 7.05 Å². The number of aromatic nitrogens is 2. The number of aliphatic hydroxyl groups excluding tert-OH is 1. The second-order valence-corrected chi connectivity index (χ2v) is 4.46. The lowest BCUT2D eigenvalue weighted by Gasteiger charge is -2.22. The van der Waals surface area contributed by atoms with Crippen LogP contribution >= 0.6 is 11.6 Å². The van der Waals surface area contributed by atoms with Crippen LogP contribution in [0.5, 0.6) is 0 Å². The van der Waals surface area contributed by atoms with Crippen LogP contribution in [0.15, 0.2) is 6.20 Å². The van der Waals surface area contributed by atoms with Crippen molar-refractivity contribution in [3.05, 3.63) is 16.9 Å². The molecule has 0 spiro atoms. The van der Waals surface area contributed by atoms with Crippen molar-refractivity contribution in [1.82, 2.24) is 9.78 Å². The summed E-state index contributed by atoms with van der Waals surface area (Å²) in [7, 11) is 1.79. The quantitative estimate of drug-likeness (QED) is 0.843. The fraction of sp³-hybridized carbons (Fsp3) is 0.700. The summed E-state index contributed by atoms with van der Waals surface area (Å²) in [6, 6.07) is 0. The molecule has 0 aliphatic carbocycles. The molecule has 0 aromatic carbocycles. The van der Waals surface area contributed by atoms with Crippen molar-refractivity contribution in [3.8, 4) is 0 Å². The van der Waals surface area contributed by atoms with E-state index in [0.717, 1.165) is 0 Å². The van der Waals surface area contributed by atoms with Gasteiger partial charge in [-0.1, -0.05) is 32.4 Å². The predicted octanol–water partition coefficient (Wildman–Crippen LogP) is 2.40. The Bertz CT molecular complexity index is 290. The Morgan fingerprint density at radius 3 is 2.36 bits per heavy atom. The van der Waals surface area contributed by atoms with Crippen LogP contribution in [0.4, 0.5) is 0 Å². The minimum atomic E-state index is -0.546. The van der Waals surface area contributed by atoms with Gasteiger partial charge in [0.05, 0.1) is 23.0 Å². The summed E-state index contributed by atoms with van der Waals surface area (Å²) in [5.41, 5.74) is 0.702. The minimum Gasteiger partial charge on any atom is -0.386 e. The first-order valence-corrected chi connectivity index (χ1v) is 5.18. The van der Waals surface area contributed by atoms with E-state index in [1.807, 2.05) is 6.92 Å². The normalized spacial score (nSPS) is 15.9. The van der Waals surface area contributed by atoms with Gasteiger partial charge < -0.3 is 5.11 Å². The van der Waals surface area contributed by atoms with Gasteiger partial charge in [-0.3, -0.25) is 4.68 Å². The summed E-state index contributed by atoms with van der Waals surface area (Å²) < 4.78 is 1.63. The first-order chi connectivity index (χ1) is 6.45. The third-order valence-corrected chi connectivity index (χ3v) is 3.06. The van der Waals surface area contributed by atoms with Crippen LogP contribution in [0.2, 0.25) is 5.02 Å². The second kappa shape index (κ2) is 4.32. The van der Waals surface area contributed by atoms with Gasteiger partial charge in [-0.25, -0.2) is 0 Å². The van der Waals surface area contributed by atoms with E-state index in [1.165, 1.54) is 0 Å². The minimum absolute atomic E-state index is 0.169. The van der Waals surface area contributed by atoms with E-state index in [9.17, 15) is 5.11 Å². The molecule has 0 bridgehead atoms. The maximum Gasteiger partial charge on any atom is 0.0999 e. The fourth-order valence-electron chi connectivity index (χ4n) is 1.37. The molecular weight excluding hydrogens is 200 g/mol. The van der Waals surface area contributed by atoms with E-state index in [4.69, 9.17) is 11.6 Å². The van der Waals surface area contributed by atoms with Gasteiger partial charge in [0.15, 0.2) is 0 Å². The lowest BCUT2D eigenvalue weighted by atomic mass is 9.90. The Kier molecular flexibility index (Phi) is 3.56. The molecule has 1 aromatic heterocycles. The molecule has 80 valence electrons. The van der Waals surface area contributed by atoms with Gasteiger partial charge in [-0.15, -0.1) is 0 Å². The van der Waals surface area contributed by atoms with Crippen LogP contribution in [-0.4, -0.2) is 14.9 Å². The lowest BCUT2D eigenvalue weighted by Crippen LogP contribution is -2.18. The Hall–Kier alpha value is -0.540. The first kappa shape index (κ1) is 11.5. The average molecular weight is 217 g/mol. The highest BCUT2D eigenvalue weighted by molar-refractivity contribution is 6.31. The number of hydrogen-bond donors (Lipinski definition) is 1. The molecule has 1 rings (SSSR count). The average Bonchev–Trinajstić information content (AvgIpc) is 2.44. The van der Waals surface area contributed by atoms with Gasteiger partial charge in [0.1, 0.15) is 0 Å². The molecule has 2 atom stereocenters. The van der Waals surface area contributed by atoms with Crippen molar-refractivity contribution in [3.63, 3.8) is 0 Å². The van der Waals surface area contributed by atoms with E-state index in [0.29, 0.717) is 16.6 Å². The number of hydrogen-bond acceptors (Lipinski definition) is 2. The van der Waals surface area contributed by atoms with Crippen LogP contribution in [-0.2, 0) is 7.05 Å². The van der Waals surface area contributed by atoms with Gasteiger partial charge in [-0.2, -0.15) is 5.10 Å². The molecular formula is C10H17ClN2O. The highest BCUT2D eigenvalue weighted by Gasteiger charge is 2.24. The summed E-state index contributed by atoms with van der Waals surface area (Å²) in [4.78, 5) is 0. The first-order valence-electron chi connectivity index (χ1n) is 4.80. The largest absolute Gasteiger partial charge is 0.386 e. The molecule has 0 saturated heterocycles. The molecule has 3 nitrogen and oxygen atoms in total. The maximum atomic E-state index is 10.1. The molecule has 0 amide bonds. The van der Waals surface area contributed by atoms with Gasteiger partial charge in [0.25, 0.3) is 0 Å². The van der Waals surface area contributed by atoms with Crippen LogP contribution in [0.1, 0.15) is 32.6 Å². The van der Waals surface area contributed by atoms with Gasteiger partial charge >= 0.3 is 0 Å². The standard InChI is InChI=1S/C10H17ClN2O/c1-6(2)7(3)10(14)9-8(11)5-12-13(9)4/h5-7,10,14H,1-4H3. The summed E-state index contributed by atoms with van der Waals surface area (Å²) in [6.07, 6.45) is 1.02. The molecule has 4 heteroatoms. The monoisotopic (exact) mass is 216 g/mol. The molecule has 0 radical (unpaired) electrons.